The van der Waals surface area contributed by atoms with Gasteiger partial charge in [-0.1, -0.05) is 28.1 Å². The molecule has 1 aromatic rings. The van der Waals surface area contributed by atoms with Crippen molar-refractivity contribution in [2.45, 2.75) is 18.8 Å². The average molecular weight is 312 g/mol. The lowest BCUT2D eigenvalue weighted by atomic mass is 9.93. The fraction of sp³-hybridized carbons (Fsp3) is 0.385. The molecular weight excluding hydrogens is 298 g/mol. The Morgan fingerprint density at radius 2 is 2.28 bits per heavy atom. The Morgan fingerprint density at radius 3 is 3.06 bits per heavy atom. The number of nitrogens with zero attached hydrogens (tertiary/aromatic N) is 1. The highest BCUT2D eigenvalue weighted by Crippen LogP contribution is 2.33. The summed E-state index contributed by atoms with van der Waals surface area (Å²) in [6.45, 7) is 0.459. The van der Waals surface area contributed by atoms with Gasteiger partial charge in [0.1, 0.15) is 12.4 Å². The molecule has 96 valence electrons. The van der Waals surface area contributed by atoms with Crippen LogP contribution in [-0.2, 0) is 0 Å². The number of fused-ring (bicyclic) bond motifs is 1. The van der Waals surface area contributed by atoms with Gasteiger partial charge in [-0.3, -0.25) is 10.1 Å². The number of allylic oxidation sites excluding steroid dienone is 1. The van der Waals surface area contributed by atoms with Crippen LogP contribution in [0, 0.1) is 10.1 Å². The summed E-state index contributed by atoms with van der Waals surface area (Å²) in [6.07, 6.45) is 5.59. The maximum atomic E-state index is 10.8. The van der Waals surface area contributed by atoms with E-state index in [1.807, 2.05) is 30.4 Å². The van der Waals surface area contributed by atoms with Crippen LogP contribution < -0.4 is 4.74 Å². The van der Waals surface area contributed by atoms with E-state index in [-0.39, 0.29) is 17.4 Å². The Morgan fingerprint density at radius 1 is 1.44 bits per heavy atom. The van der Waals surface area contributed by atoms with Crippen LogP contribution >= 0.6 is 15.9 Å². The molecule has 1 heterocycles. The fourth-order valence-corrected chi connectivity index (χ4v) is 2.49. The van der Waals surface area contributed by atoms with Crippen LogP contribution in [0.2, 0.25) is 0 Å². The molecule has 1 atom stereocenters. The number of halogens is 1. The van der Waals surface area contributed by atoms with Gasteiger partial charge in [-0.15, -0.1) is 0 Å². The highest BCUT2D eigenvalue weighted by molar-refractivity contribution is 9.10. The molecule has 5 heteroatoms. The van der Waals surface area contributed by atoms with Gasteiger partial charge in [-0.05, 0) is 31.0 Å². The van der Waals surface area contributed by atoms with Gasteiger partial charge in [-0.2, -0.15) is 0 Å². The van der Waals surface area contributed by atoms with E-state index in [0.717, 1.165) is 28.6 Å². The van der Waals surface area contributed by atoms with Crippen LogP contribution in [-0.4, -0.2) is 18.1 Å². The second kappa shape index (κ2) is 6.00. The van der Waals surface area contributed by atoms with E-state index in [4.69, 9.17) is 4.74 Å². The van der Waals surface area contributed by atoms with Gasteiger partial charge in [0.2, 0.25) is 6.54 Å². The molecule has 0 saturated carbocycles. The first kappa shape index (κ1) is 13.1. The highest BCUT2D eigenvalue weighted by atomic mass is 79.9. The molecule has 0 amide bonds. The molecule has 1 aromatic carbocycles. The van der Waals surface area contributed by atoms with Crippen LogP contribution in [0.4, 0.5) is 0 Å². The van der Waals surface area contributed by atoms with Crippen molar-refractivity contribution in [3.63, 3.8) is 0 Å². The number of ether oxygens (including phenoxy) is 1. The first-order chi connectivity index (χ1) is 8.66. The predicted octanol–water partition coefficient (Wildman–Crippen LogP) is 3.54. The SMILES string of the molecule is O=[N+]([O-])CC1CC/C=C\COc2ccc(Br)cc21. The zero-order valence-corrected chi connectivity index (χ0v) is 11.4. The van der Waals surface area contributed by atoms with Gasteiger partial charge in [-0.25, -0.2) is 0 Å². The summed E-state index contributed by atoms with van der Waals surface area (Å²) in [5, 5.41) is 10.8. The number of nitro groups is 1. The lowest BCUT2D eigenvalue weighted by Gasteiger charge is -2.16. The summed E-state index contributed by atoms with van der Waals surface area (Å²) in [6, 6.07) is 5.68. The van der Waals surface area contributed by atoms with E-state index in [1.165, 1.54) is 0 Å². The third kappa shape index (κ3) is 3.32. The second-order valence-electron chi connectivity index (χ2n) is 4.25. The lowest BCUT2D eigenvalue weighted by Crippen LogP contribution is -2.13. The number of hydrogen-bond acceptors (Lipinski definition) is 3. The van der Waals surface area contributed by atoms with Crippen molar-refractivity contribution in [2.24, 2.45) is 0 Å². The summed E-state index contributed by atoms with van der Waals surface area (Å²) >= 11 is 3.41. The monoisotopic (exact) mass is 311 g/mol. The Kier molecular flexibility index (Phi) is 4.36. The van der Waals surface area contributed by atoms with Crippen molar-refractivity contribution >= 4 is 15.9 Å². The largest absolute Gasteiger partial charge is 0.489 e. The summed E-state index contributed by atoms with van der Waals surface area (Å²) in [4.78, 5) is 10.5. The van der Waals surface area contributed by atoms with E-state index in [9.17, 15) is 10.1 Å². The highest BCUT2D eigenvalue weighted by Gasteiger charge is 2.22. The van der Waals surface area contributed by atoms with Crippen molar-refractivity contribution in [2.75, 3.05) is 13.2 Å². The van der Waals surface area contributed by atoms with Crippen molar-refractivity contribution in [1.29, 1.82) is 0 Å². The van der Waals surface area contributed by atoms with Crippen molar-refractivity contribution in [1.82, 2.24) is 0 Å². The smallest absolute Gasteiger partial charge is 0.210 e. The van der Waals surface area contributed by atoms with Crippen molar-refractivity contribution in [3.05, 3.63) is 50.5 Å². The minimum absolute atomic E-state index is 0.0549. The molecule has 18 heavy (non-hydrogen) atoms. The lowest BCUT2D eigenvalue weighted by molar-refractivity contribution is -0.483. The zero-order chi connectivity index (χ0) is 13.0. The van der Waals surface area contributed by atoms with Crippen LogP contribution in [0.25, 0.3) is 0 Å². The summed E-state index contributed by atoms with van der Waals surface area (Å²) < 4.78 is 6.57. The molecule has 0 spiro atoms. The molecule has 1 aliphatic heterocycles. The maximum Gasteiger partial charge on any atom is 0.210 e. The first-order valence-electron chi connectivity index (χ1n) is 5.86. The van der Waals surface area contributed by atoms with E-state index >= 15 is 0 Å². The Balaban J connectivity index is 2.36. The third-order valence-corrected chi connectivity index (χ3v) is 3.46. The van der Waals surface area contributed by atoms with E-state index < -0.39 is 0 Å². The topological polar surface area (TPSA) is 52.4 Å². The minimum Gasteiger partial charge on any atom is -0.489 e. The Hall–Kier alpha value is -1.36. The van der Waals surface area contributed by atoms with Crippen LogP contribution in [0.1, 0.15) is 24.3 Å². The van der Waals surface area contributed by atoms with Crippen LogP contribution in [0.15, 0.2) is 34.8 Å². The summed E-state index contributed by atoms with van der Waals surface area (Å²) in [5.41, 5.74) is 0.921. The van der Waals surface area contributed by atoms with Crippen molar-refractivity contribution < 1.29 is 9.66 Å². The predicted molar refractivity (Wildman–Crippen MR) is 72.6 cm³/mol. The molecule has 4 nitrogen and oxygen atoms in total. The molecule has 2 rings (SSSR count). The van der Waals surface area contributed by atoms with Gasteiger partial charge < -0.3 is 4.74 Å². The molecule has 0 N–H and O–H groups in total. The average Bonchev–Trinajstić information content (AvgIpc) is 2.40. The molecule has 0 aromatic heterocycles. The Labute approximate surface area is 114 Å². The summed E-state index contributed by atoms with van der Waals surface area (Å²) in [7, 11) is 0. The standard InChI is InChI=1S/C13H14BrNO3/c14-11-5-6-13-12(8-11)10(9-15(16)17)4-2-1-3-7-18-13/h1,3,5-6,8,10H,2,4,7,9H2/b3-1-. The minimum atomic E-state index is -0.253. The second-order valence-corrected chi connectivity index (χ2v) is 5.17. The van der Waals surface area contributed by atoms with Gasteiger partial charge in [0, 0.05) is 15.0 Å². The van der Waals surface area contributed by atoms with E-state index in [2.05, 4.69) is 15.9 Å². The van der Waals surface area contributed by atoms with Crippen LogP contribution in [0.5, 0.6) is 5.75 Å². The molecule has 1 aliphatic rings. The van der Waals surface area contributed by atoms with E-state index in [1.54, 1.807) is 0 Å². The molecular formula is C13H14BrNO3. The first-order valence-corrected chi connectivity index (χ1v) is 6.65. The number of rotatable bonds is 2. The van der Waals surface area contributed by atoms with Gasteiger partial charge in [0.25, 0.3) is 0 Å². The van der Waals surface area contributed by atoms with Crippen molar-refractivity contribution in [3.8, 4) is 5.75 Å². The molecule has 0 radical (unpaired) electrons. The quantitative estimate of drug-likeness (QED) is 0.477. The number of benzene rings is 1. The van der Waals surface area contributed by atoms with Gasteiger partial charge in [0.05, 0.1) is 5.92 Å². The zero-order valence-electron chi connectivity index (χ0n) is 9.84. The Bertz CT molecular complexity index is 473. The normalized spacial score (nSPS) is 20.8. The van der Waals surface area contributed by atoms with Crippen LogP contribution in [0.3, 0.4) is 0 Å². The van der Waals surface area contributed by atoms with E-state index in [0.29, 0.717) is 6.61 Å². The molecule has 0 aliphatic carbocycles. The summed E-state index contributed by atoms with van der Waals surface area (Å²) in [5.74, 6) is 0.645. The molecule has 0 saturated heterocycles. The number of hydrogen-bond donors (Lipinski definition) is 0. The third-order valence-electron chi connectivity index (χ3n) is 2.96. The van der Waals surface area contributed by atoms with Gasteiger partial charge in [0.15, 0.2) is 0 Å². The van der Waals surface area contributed by atoms with Gasteiger partial charge >= 0.3 is 0 Å². The molecule has 0 fully saturated rings. The molecule has 1 unspecified atom stereocenters. The molecule has 0 bridgehead atoms. The maximum absolute atomic E-state index is 10.8. The fourth-order valence-electron chi connectivity index (χ4n) is 2.12.